The third-order valence-corrected chi connectivity index (χ3v) is 5.27. The Morgan fingerprint density at radius 2 is 1.83 bits per heavy atom. The Kier molecular flexibility index (Phi) is 5.95. The zero-order valence-corrected chi connectivity index (χ0v) is 15.6. The van der Waals surface area contributed by atoms with E-state index in [1.807, 2.05) is 20.8 Å². The number of carbonyl (C=O) groups is 1. The monoisotopic (exact) mass is 326 g/mol. The second-order valence-electron chi connectivity index (χ2n) is 8.40. The minimum absolute atomic E-state index is 0.0391. The number of carbonyl (C=O) groups excluding carboxylic acids is 1. The summed E-state index contributed by atoms with van der Waals surface area (Å²) in [6.45, 7) is 11.6. The van der Waals surface area contributed by atoms with Crippen LogP contribution in [-0.2, 0) is 9.47 Å². The van der Waals surface area contributed by atoms with Gasteiger partial charge in [-0.25, -0.2) is 4.79 Å². The van der Waals surface area contributed by atoms with E-state index in [9.17, 15) is 4.79 Å². The number of methoxy groups -OCH3 is 1. The Morgan fingerprint density at radius 3 is 2.39 bits per heavy atom. The fraction of sp³-hybridized carbons (Fsp3) is 0.944. The molecular weight excluding hydrogens is 292 g/mol. The molecule has 1 amide bonds. The smallest absolute Gasteiger partial charge is 0.410 e. The van der Waals surface area contributed by atoms with Gasteiger partial charge in [0.05, 0.1) is 18.7 Å². The molecule has 1 heterocycles. The highest BCUT2D eigenvalue weighted by atomic mass is 16.6. The molecule has 2 fully saturated rings. The Bertz CT molecular complexity index is 408. The van der Waals surface area contributed by atoms with Gasteiger partial charge in [-0.05, 0) is 51.9 Å². The second-order valence-corrected chi connectivity index (χ2v) is 8.40. The summed E-state index contributed by atoms with van der Waals surface area (Å²) in [5.74, 6) is 1.57. The van der Waals surface area contributed by atoms with Crippen LogP contribution in [0.15, 0.2) is 0 Å². The normalized spacial score (nSPS) is 35.4. The van der Waals surface area contributed by atoms with E-state index in [-0.39, 0.29) is 18.2 Å². The minimum Gasteiger partial charge on any atom is -0.444 e. The van der Waals surface area contributed by atoms with Crippen LogP contribution in [0.2, 0.25) is 0 Å². The highest BCUT2D eigenvalue weighted by Gasteiger charge is 2.39. The van der Waals surface area contributed by atoms with Crippen LogP contribution in [0, 0.1) is 11.8 Å². The first-order valence-electron chi connectivity index (χ1n) is 8.96. The number of hydrogen-bond acceptors (Lipinski definition) is 4. The Hall–Kier alpha value is -0.810. The van der Waals surface area contributed by atoms with Crippen molar-refractivity contribution in [1.82, 2.24) is 10.2 Å². The van der Waals surface area contributed by atoms with E-state index in [1.54, 1.807) is 12.0 Å². The molecular formula is C18H34N2O3. The van der Waals surface area contributed by atoms with Crippen LogP contribution in [0.3, 0.4) is 0 Å². The summed E-state index contributed by atoms with van der Waals surface area (Å²) >= 11 is 0. The highest BCUT2D eigenvalue weighted by molar-refractivity contribution is 5.68. The largest absolute Gasteiger partial charge is 0.444 e. The van der Waals surface area contributed by atoms with Gasteiger partial charge in [-0.15, -0.1) is 0 Å². The number of amides is 1. The Labute approximate surface area is 141 Å². The van der Waals surface area contributed by atoms with E-state index in [2.05, 4.69) is 19.2 Å². The lowest BCUT2D eigenvalue weighted by Crippen LogP contribution is -2.48. The summed E-state index contributed by atoms with van der Waals surface area (Å²) in [7, 11) is 1.73. The molecule has 0 radical (unpaired) electrons. The molecule has 5 nitrogen and oxygen atoms in total. The van der Waals surface area contributed by atoms with Crippen molar-refractivity contribution in [2.45, 2.75) is 77.7 Å². The standard InChI is InChI=1S/C18H34N2O3/c1-12-7-8-14(9-13(12)2)19-15-10-20(11-16(15)22-6)17(21)23-18(3,4)5/h12-16,19H,7-11H2,1-6H3/t12?,13?,14?,15?,16-/m0/s1. The van der Waals surface area contributed by atoms with Crippen molar-refractivity contribution >= 4 is 6.09 Å². The third kappa shape index (κ3) is 5.08. The number of ether oxygens (including phenoxy) is 2. The molecule has 23 heavy (non-hydrogen) atoms. The molecule has 5 atom stereocenters. The predicted molar refractivity (Wildman–Crippen MR) is 91.5 cm³/mol. The minimum atomic E-state index is -0.458. The van der Waals surface area contributed by atoms with E-state index < -0.39 is 5.60 Å². The topological polar surface area (TPSA) is 50.8 Å². The van der Waals surface area contributed by atoms with Gasteiger partial charge in [0.25, 0.3) is 0 Å². The van der Waals surface area contributed by atoms with Crippen LogP contribution in [0.1, 0.15) is 53.9 Å². The second kappa shape index (κ2) is 7.39. The van der Waals surface area contributed by atoms with Crippen LogP contribution in [0.5, 0.6) is 0 Å². The van der Waals surface area contributed by atoms with Gasteiger partial charge in [0.1, 0.15) is 5.60 Å². The third-order valence-electron chi connectivity index (χ3n) is 5.27. The summed E-state index contributed by atoms with van der Waals surface area (Å²) in [5.41, 5.74) is -0.458. The first-order chi connectivity index (χ1) is 10.7. The molecule has 1 aliphatic heterocycles. The zero-order valence-electron chi connectivity index (χ0n) is 15.6. The van der Waals surface area contributed by atoms with Crippen molar-refractivity contribution in [3.8, 4) is 0 Å². The first kappa shape index (κ1) is 18.5. The van der Waals surface area contributed by atoms with Gasteiger partial charge in [0.2, 0.25) is 0 Å². The quantitative estimate of drug-likeness (QED) is 0.866. The molecule has 5 heteroatoms. The van der Waals surface area contributed by atoms with E-state index in [0.29, 0.717) is 19.1 Å². The van der Waals surface area contributed by atoms with Crippen LogP contribution >= 0.6 is 0 Å². The summed E-state index contributed by atoms with van der Waals surface area (Å²) in [6, 6.07) is 0.723. The van der Waals surface area contributed by atoms with Gasteiger partial charge >= 0.3 is 6.09 Å². The number of nitrogens with one attached hydrogen (secondary N) is 1. The lowest BCUT2D eigenvalue weighted by molar-refractivity contribution is 0.0252. The van der Waals surface area contributed by atoms with E-state index in [4.69, 9.17) is 9.47 Å². The molecule has 0 aromatic heterocycles. The Morgan fingerprint density at radius 1 is 1.13 bits per heavy atom. The van der Waals surface area contributed by atoms with Gasteiger partial charge in [0.15, 0.2) is 0 Å². The summed E-state index contributed by atoms with van der Waals surface area (Å²) in [5, 5.41) is 3.74. The molecule has 1 aliphatic carbocycles. The van der Waals surface area contributed by atoms with E-state index in [0.717, 1.165) is 11.8 Å². The molecule has 0 aromatic carbocycles. The average Bonchev–Trinajstić information content (AvgIpc) is 2.84. The molecule has 0 aromatic rings. The number of nitrogens with zero attached hydrogens (tertiary/aromatic N) is 1. The maximum Gasteiger partial charge on any atom is 0.410 e. The van der Waals surface area contributed by atoms with Gasteiger partial charge < -0.3 is 19.7 Å². The fourth-order valence-corrected chi connectivity index (χ4v) is 3.65. The van der Waals surface area contributed by atoms with Gasteiger partial charge in [0, 0.05) is 19.7 Å². The van der Waals surface area contributed by atoms with Gasteiger partial charge in [-0.1, -0.05) is 13.8 Å². The zero-order chi connectivity index (χ0) is 17.2. The summed E-state index contributed by atoms with van der Waals surface area (Å²) in [6.07, 6.45) is 3.50. The number of likely N-dealkylation sites (tertiary alicyclic amines) is 1. The summed E-state index contributed by atoms with van der Waals surface area (Å²) in [4.78, 5) is 14.0. The molecule has 0 spiro atoms. The fourth-order valence-electron chi connectivity index (χ4n) is 3.65. The SMILES string of the molecule is CO[C@H]1CN(C(=O)OC(C)(C)C)CC1NC1CCC(C)C(C)C1. The van der Waals surface area contributed by atoms with Crippen molar-refractivity contribution in [3.63, 3.8) is 0 Å². The average molecular weight is 326 g/mol. The van der Waals surface area contributed by atoms with Crippen molar-refractivity contribution < 1.29 is 14.3 Å². The lowest BCUT2D eigenvalue weighted by Gasteiger charge is -2.35. The number of rotatable bonds is 3. The van der Waals surface area contributed by atoms with Gasteiger partial charge in [-0.3, -0.25) is 0 Å². The Balaban J connectivity index is 1.90. The van der Waals surface area contributed by atoms with Crippen molar-refractivity contribution in [2.24, 2.45) is 11.8 Å². The molecule has 2 rings (SSSR count). The van der Waals surface area contributed by atoms with Crippen LogP contribution in [0.25, 0.3) is 0 Å². The predicted octanol–water partition coefficient (Wildman–Crippen LogP) is 3.04. The molecule has 1 saturated carbocycles. The number of hydrogen-bond donors (Lipinski definition) is 1. The van der Waals surface area contributed by atoms with Crippen molar-refractivity contribution in [3.05, 3.63) is 0 Å². The van der Waals surface area contributed by atoms with Crippen LogP contribution in [0.4, 0.5) is 4.79 Å². The van der Waals surface area contributed by atoms with Crippen molar-refractivity contribution in [1.29, 1.82) is 0 Å². The molecule has 1 saturated heterocycles. The summed E-state index contributed by atoms with van der Waals surface area (Å²) < 4.78 is 11.1. The molecule has 1 N–H and O–H groups in total. The van der Waals surface area contributed by atoms with E-state index >= 15 is 0 Å². The van der Waals surface area contributed by atoms with E-state index in [1.165, 1.54) is 19.3 Å². The van der Waals surface area contributed by atoms with Crippen LogP contribution < -0.4 is 5.32 Å². The highest BCUT2D eigenvalue weighted by Crippen LogP contribution is 2.30. The van der Waals surface area contributed by atoms with Gasteiger partial charge in [-0.2, -0.15) is 0 Å². The molecule has 0 bridgehead atoms. The maximum absolute atomic E-state index is 12.3. The maximum atomic E-state index is 12.3. The lowest BCUT2D eigenvalue weighted by atomic mass is 9.79. The molecule has 134 valence electrons. The molecule has 4 unspecified atom stereocenters. The first-order valence-corrected chi connectivity index (χ1v) is 8.96. The van der Waals surface area contributed by atoms with Crippen LogP contribution in [-0.4, -0.2) is 55.0 Å². The molecule has 2 aliphatic rings. The van der Waals surface area contributed by atoms with Crippen molar-refractivity contribution in [2.75, 3.05) is 20.2 Å².